The van der Waals surface area contributed by atoms with Crippen molar-refractivity contribution in [3.8, 4) is 0 Å². The Hall–Kier alpha value is -2.76. The fourth-order valence-corrected chi connectivity index (χ4v) is 2.03. The minimum atomic E-state index is -0.486. The summed E-state index contributed by atoms with van der Waals surface area (Å²) >= 11 is 0. The Kier molecular flexibility index (Phi) is 5.41. The summed E-state index contributed by atoms with van der Waals surface area (Å²) < 4.78 is 26.1. The highest BCUT2D eigenvalue weighted by molar-refractivity contribution is 5.97. The van der Waals surface area contributed by atoms with E-state index in [4.69, 9.17) is 0 Å². The molecule has 0 heterocycles. The summed E-state index contributed by atoms with van der Waals surface area (Å²) in [7, 11) is 0. The largest absolute Gasteiger partial charge is 0.350 e. The average molecular weight is 318 g/mol. The number of amides is 2. The van der Waals surface area contributed by atoms with Gasteiger partial charge in [0.05, 0.1) is 0 Å². The van der Waals surface area contributed by atoms with E-state index in [0.717, 1.165) is 5.56 Å². The van der Waals surface area contributed by atoms with Crippen LogP contribution in [0.5, 0.6) is 0 Å². The number of halogens is 2. The van der Waals surface area contributed by atoms with E-state index < -0.39 is 11.7 Å². The molecule has 23 heavy (non-hydrogen) atoms. The van der Waals surface area contributed by atoms with Gasteiger partial charge in [-0.2, -0.15) is 0 Å². The molecule has 0 fully saturated rings. The molecule has 0 atom stereocenters. The van der Waals surface area contributed by atoms with E-state index in [1.165, 1.54) is 42.2 Å². The van der Waals surface area contributed by atoms with Crippen LogP contribution in [-0.4, -0.2) is 18.4 Å². The third-order valence-corrected chi connectivity index (χ3v) is 3.20. The molecule has 6 heteroatoms. The molecule has 0 aromatic heterocycles. The van der Waals surface area contributed by atoms with Crippen LogP contribution in [0.15, 0.2) is 48.5 Å². The molecule has 0 saturated heterocycles. The van der Waals surface area contributed by atoms with Crippen LogP contribution in [0, 0.1) is 11.6 Å². The Morgan fingerprint density at radius 1 is 1.04 bits per heavy atom. The lowest BCUT2D eigenvalue weighted by Crippen LogP contribution is -2.39. The van der Waals surface area contributed by atoms with Gasteiger partial charge in [0, 0.05) is 19.2 Å². The lowest BCUT2D eigenvalue weighted by molar-refractivity contribution is -0.123. The third-order valence-electron chi connectivity index (χ3n) is 3.20. The summed E-state index contributed by atoms with van der Waals surface area (Å²) in [5.74, 6) is -1.60. The highest BCUT2D eigenvalue weighted by Crippen LogP contribution is 2.15. The summed E-state index contributed by atoms with van der Waals surface area (Å²) in [6.45, 7) is 1.30. The first-order valence-electron chi connectivity index (χ1n) is 7.00. The van der Waals surface area contributed by atoms with Gasteiger partial charge in [0.15, 0.2) is 0 Å². The molecular formula is C17H16F2N2O2. The van der Waals surface area contributed by atoms with Gasteiger partial charge in [-0.1, -0.05) is 18.2 Å². The summed E-state index contributed by atoms with van der Waals surface area (Å²) in [4.78, 5) is 24.9. The monoisotopic (exact) mass is 318 g/mol. The number of hydrogen-bond donors (Lipinski definition) is 1. The van der Waals surface area contributed by atoms with Gasteiger partial charge in [-0.05, 0) is 35.9 Å². The molecule has 4 nitrogen and oxygen atoms in total. The van der Waals surface area contributed by atoms with Crippen molar-refractivity contribution in [2.45, 2.75) is 13.5 Å². The van der Waals surface area contributed by atoms with E-state index in [1.54, 1.807) is 18.2 Å². The summed E-state index contributed by atoms with van der Waals surface area (Å²) in [5, 5.41) is 2.64. The minimum Gasteiger partial charge on any atom is -0.350 e. The van der Waals surface area contributed by atoms with E-state index in [-0.39, 0.29) is 24.8 Å². The maximum atomic E-state index is 13.3. The summed E-state index contributed by atoms with van der Waals surface area (Å²) in [6, 6.07) is 11.2. The standard InChI is InChI=1S/C17H16F2N2O2/c1-12(22)21(16-4-2-3-15(19)9-16)11-17(23)20-10-13-5-7-14(18)8-6-13/h2-9H,10-11H2,1H3,(H,20,23). The fourth-order valence-electron chi connectivity index (χ4n) is 2.03. The Bertz CT molecular complexity index is 702. The van der Waals surface area contributed by atoms with Gasteiger partial charge < -0.3 is 10.2 Å². The third kappa shape index (κ3) is 4.88. The van der Waals surface area contributed by atoms with Crippen molar-refractivity contribution in [1.82, 2.24) is 5.32 Å². The van der Waals surface area contributed by atoms with Crippen LogP contribution < -0.4 is 10.2 Å². The van der Waals surface area contributed by atoms with Gasteiger partial charge in [-0.3, -0.25) is 9.59 Å². The topological polar surface area (TPSA) is 49.4 Å². The zero-order chi connectivity index (χ0) is 16.8. The van der Waals surface area contributed by atoms with Crippen molar-refractivity contribution in [2.24, 2.45) is 0 Å². The predicted molar refractivity (Wildman–Crippen MR) is 82.7 cm³/mol. The quantitative estimate of drug-likeness (QED) is 0.921. The average Bonchev–Trinajstić information content (AvgIpc) is 2.51. The molecule has 0 radical (unpaired) electrons. The molecule has 0 unspecified atom stereocenters. The molecule has 0 aliphatic carbocycles. The number of carbonyl (C=O) groups is 2. The smallest absolute Gasteiger partial charge is 0.240 e. The van der Waals surface area contributed by atoms with Crippen LogP contribution in [-0.2, 0) is 16.1 Å². The number of carbonyl (C=O) groups excluding carboxylic acids is 2. The molecule has 0 aliphatic rings. The van der Waals surface area contributed by atoms with E-state index in [1.807, 2.05) is 0 Å². The van der Waals surface area contributed by atoms with Crippen LogP contribution in [0.2, 0.25) is 0 Å². The van der Waals surface area contributed by atoms with Gasteiger partial charge in [0.25, 0.3) is 0 Å². The van der Waals surface area contributed by atoms with Gasteiger partial charge in [-0.25, -0.2) is 8.78 Å². The van der Waals surface area contributed by atoms with Crippen molar-refractivity contribution >= 4 is 17.5 Å². The Labute approximate surface area is 132 Å². The molecule has 0 aliphatic heterocycles. The molecule has 2 aromatic carbocycles. The van der Waals surface area contributed by atoms with Gasteiger partial charge >= 0.3 is 0 Å². The molecule has 0 spiro atoms. The number of nitrogens with one attached hydrogen (secondary N) is 1. The first kappa shape index (κ1) is 16.6. The van der Waals surface area contributed by atoms with E-state index in [9.17, 15) is 18.4 Å². The van der Waals surface area contributed by atoms with Crippen molar-refractivity contribution in [3.05, 3.63) is 65.7 Å². The number of anilines is 1. The molecule has 0 saturated carbocycles. The van der Waals surface area contributed by atoms with Crippen molar-refractivity contribution in [2.75, 3.05) is 11.4 Å². The van der Waals surface area contributed by atoms with Gasteiger partial charge in [0.2, 0.25) is 11.8 Å². The zero-order valence-electron chi connectivity index (χ0n) is 12.6. The maximum Gasteiger partial charge on any atom is 0.240 e. The van der Waals surface area contributed by atoms with Crippen molar-refractivity contribution in [3.63, 3.8) is 0 Å². The minimum absolute atomic E-state index is 0.216. The van der Waals surface area contributed by atoms with E-state index >= 15 is 0 Å². The maximum absolute atomic E-state index is 13.3. The van der Waals surface area contributed by atoms with Gasteiger partial charge in [-0.15, -0.1) is 0 Å². The second-order valence-electron chi connectivity index (χ2n) is 4.99. The molecule has 2 amide bonds. The van der Waals surface area contributed by atoms with Crippen LogP contribution in [0.1, 0.15) is 12.5 Å². The molecular weight excluding hydrogens is 302 g/mol. The molecule has 2 aromatic rings. The van der Waals surface area contributed by atoms with Crippen LogP contribution in [0.4, 0.5) is 14.5 Å². The highest BCUT2D eigenvalue weighted by Gasteiger charge is 2.16. The first-order valence-corrected chi connectivity index (χ1v) is 7.00. The Morgan fingerprint density at radius 3 is 2.35 bits per heavy atom. The molecule has 2 rings (SSSR count). The first-order chi connectivity index (χ1) is 11.0. The number of hydrogen-bond acceptors (Lipinski definition) is 2. The summed E-state index contributed by atoms with van der Waals surface area (Å²) in [5.41, 5.74) is 1.05. The lowest BCUT2D eigenvalue weighted by Gasteiger charge is -2.20. The Balaban J connectivity index is 1.98. The second kappa shape index (κ2) is 7.49. The summed E-state index contributed by atoms with van der Waals surface area (Å²) in [6.07, 6.45) is 0. The van der Waals surface area contributed by atoms with E-state index in [2.05, 4.69) is 5.32 Å². The van der Waals surface area contributed by atoms with E-state index in [0.29, 0.717) is 5.69 Å². The van der Waals surface area contributed by atoms with Crippen molar-refractivity contribution < 1.29 is 18.4 Å². The fraction of sp³-hybridized carbons (Fsp3) is 0.176. The number of nitrogens with zero attached hydrogens (tertiary/aromatic N) is 1. The predicted octanol–water partition coefficient (Wildman–Crippen LogP) is 2.63. The second-order valence-corrected chi connectivity index (χ2v) is 4.99. The van der Waals surface area contributed by atoms with Crippen molar-refractivity contribution in [1.29, 1.82) is 0 Å². The zero-order valence-corrected chi connectivity index (χ0v) is 12.6. The highest BCUT2D eigenvalue weighted by atomic mass is 19.1. The normalized spacial score (nSPS) is 10.2. The van der Waals surface area contributed by atoms with Gasteiger partial charge in [0.1, 0.15) is 18.2 Å². The SMILES string of the molecule is CC(=O)N(CC(=O)NCc1ccc(F)cc1)c1cccc(F)c1. The Morgan fingerprint density at radius 2 is 1.74 bits per heavy atom. The number of benzene rings is 2. The molecule has 120 valence electrons. The van der Waals surface area contributed by atoms with Crippen LogP contribution in [0.3, 0.4) is 0 Å². The number of rotatable bonds is 5. The lowest BCUT2D eigenvalue weighted by atomic mass is 10.2. The van der Waals surface area contributed by atoms with Crippen LogP contribution in [0.25, 0.3) is 0 Å². The van der Waals surface area contributed by atoms with Crippen LogP contribution >= 0.6 is 0 Å². The molecule has 0 bridgehead atoms. The molecule has 1 N–H and O–H groups in total.